The molecule has 0 spiro atoms. The number of ether oxygens (including phenoxy) is 1. The van der Waals surface area contributed by atoms with Gasteiger partial charge in [-0.25, -0.2) is 4.79 Å². The Labute approximate surface area is 99.6 Å². The highest BCUT2D eigenvalue weighted by Crippen LogP contribution is 2.13. The number of hydrogen-bond acceptors (Lipinski definition) is 3. The van der Waals surface area contributed by atoms with Gasteiger partial charge in [-0.3, -0.25) is 4.79 Å². The van der Waals surface area contributed by atoms with Crippen LogP contribution in [0.2, 0.25) is 0 Å². The summed E-state index contributed by atoms with van der Waals surface area (Å²) in [5, 5.41) is 8.52. The van der Waals surface area contributed by atoms with E-state index in [0.29, 0.717) is 13.0 Å². The van der Waals surface area contributed by atoms with Crippen molar-refractivity contribution in [1.82, 2.24) is 4.90 Å². The number of carbonyl (C=O) groups is 2. The van der Waals surface area contributed by atoms with Crippen LogP contribution < -0.4 is 4.74 Å². The second kappa shape index (κ2) is 5.89. The molecule has 0 aliphatic carbocycles. The van der Waals surface area contributed by atoms with Gasteiger partial charge in [-0.15, -0.1) is 0 Å². The van der Waals surface area contributed by atoms with Crippen molar-refractivity contribution in [3.05, 3.63) is 29.8 Å². The van der Waals surface area contributed by atoms with E-state index in [1.165, 1.54) is 11.9 Å². The van der Waals surface area contributed by atoms with E-state index in [9.17, 15) is 9.59 Å². The minimum absolute atomic E-state index is 0.359. The van der Waals surface area contributed by atoms with Crippen molar-refractivity contribution in [2.24, 2.45) is 0 Å². The monoisotopic (exact) mass is 237 g/mol. The van der Waals surface area contributed by atoms with Crippen LogP contribution in [0.3, 0.4) is 0 Å². The molecule has 1 amide bonds. The first kappa shape index (κ1) is 13.0. The molecule has 1 N–H and O–H groups in total. The van der Waals surface area contributed by atoms with E-state index in [-0.39, 0.29) is 0 Å². The van der Waals surface area contributed by atoms with Gasteiger partial charge in [-0.05, 0) is 24.1 Å². The molecule has 0 aliphatic rings. The van der Waals surface area contributed by atoms with Crippen LogP contribution in [-0.4, -0.2) is 42.6 Å². The molecule has 0 saturated carbocycles. The molecule has 0 atom stereocenters. The predicted molar refractivity (Wildman–Crippen MR) is 62.0 cm³/mol. The lowest BCUT2D eigenvalue weighted by molar-refractivity contribution is -0.155. The number of benzene rings is 1. The first-order chi connectivity index (χ1) is 8.04. The Kier molecular flexibility index (Phi) is 4.51. The SMILES string of the molecule is COc1cccc(CCN(C)C(=O)C(=O)O)c1. The lowest BCUT2D eigenvalue weighted by Gasteiger charge is -2.14. The molecule has 5 nitrogen and oxygen atoms in total. The molecular formula is C12H15NO4. The molecule has 0 aromatic heterocycles. The normalized spacial score (nSPS) is 9.76. The molecule has 17 heavy (non-hydrogen) atoms. The summed E-state index contributed by atoms with van der Waals surface area (Å²) in [6, 6.07) is 7.45. The van der Waals surface area contributed by atoms with Crippen LogP contribution in [0.25, 0.3) is 0 Å². The van der Waals surface area contributed by atoms with Crippen LogP contribution in [0, 0.1) is 0 Å². The summed E-state index contributed by atoms with van der Waals surface area (Å²) in [6.07, 6.45) is 0.590. The van der Waals surface area contributed by atoms with E-state index in [2.05, 4.69) is 0 Å². The summed E-state index contributed by atoms with van der Waals surface area (Å²) in [5.74, 6) is -1.58. The highest BCUT2D eigenvalue weighted by Gasteiger charge is 2.16. The van der Waals surface area contributed by atoms with Crippen molar-refractivity contribution in [1.29, 1.82) is 0 Å². The fraction of sp³-hybridized carbons (Fsp3) is 0.333. The van der Waals surface area contributed by atoms with Gasteiger partial charge in [0.1, 0.15) is 5.75 Å². The Morgan fingerprint density at radius 2 is 2.12 bits per heavy atom. The van der Waals surface area contributed by atoms with Crippen molar-refractivity contribution in [3.63, 3.8) is 0 Å². The smallest absolute Gasteiger partial charge is 0.394 e. The van der Waals surface area contributed by atoms with Crippen molar-refractivity contribution in [2.75, 3.05) is 20.7 Å². The molecule has 5 heteroatoms. The van der Waals surface area contributed by atoms with Gasteiger partial charge >= 0.3 is 11.9 Å². The van der Waals surface area contributed by atoms with E-state index in [1.807, 2.05) is 24.3 Å². The van der Waals surface area contributed by atoms with Crippen molar-refractivity contribution >= 4 is 11.9 Å². The third-order valence-electron chi connectivity index (χ3n) is 2.40. The van der Waals surface area contributed by atoms with Gasteiger partial charge in [0, 0.05) is 13.6 Å². The zero-order valence-electron chi connectivity index (χ0n) is 9.84. The molecule has 0 bridgehead atoms. The summed E-state index contributed by atoms with van der Waals surface area (Å²) in [7, 11) is 3.05. The zero-order valence-corrected chi connectivity index (χ0v) is 9.84. The number of nitrogens with zero attached hydrogens (tertiary/aromatic N) is 1. The summed E-state index contributed by atoms with van der Waals surface area (Å²) >= 11 is 0. The number of amides is 1. The average Bonchev–Trinajstić information content (AvgIpc) is 2.35. The zero-order chi connectivity index (χ0) is 12.8. The topological polar surface area (TPSA) is 66.8 Å². The Morgan fingerprint density at radius 3 is 2.71 bits per heavy atom. The number of carboxylic acid groups (broad SMARTS) is 1. The maximum atomic E-state index is 11.1. The quantitative estimate of drug-likeness (QED) is 0.786. The number of hydrogen-bond donors (Lipinski definition) is 1. The molecule has 0 heterocycles. The number of likely N-dealkylation sites (N-methyl/N-ethyl adjacent to an activating group) is 1. The van der Waals surface area contributed by atoms with E-state index < -0.39 is 11.9 Å². The highest BCUT2D eigenvalue weighted by atomic mass is 16.5. The highest BCUT2D eigenvalue weighted by molar-refractivity contribution is 6.31. The van der Waals surface area contributed by atoms with E-state index in [0.717, 1.165) is 11.3 Å². The van der Waals surface area contributed by atoms with Gasteiger partial charge < -0.3 is 14.7 Å². The Balaban J connectivity index is 2.55. The van der Waals surface area contributed by atoms with E-state index in [1.54, 1.807) is 7.11 Å². The predicted octanol–water partition coefficient (Wildman–Crippen LogP) is 0.781. The van der Waals surface area contributed by atoms with Gasteiger partial charge in [-0.1, -0.05) is 12.1 Å². The Hall–Kier alpha value is -2.04. The maximum absolute atomic E-state index is 11.1. The first-order valence-corrected chi connectivity index (χ1v) is 5.16. The molecule has 1 aromatic rings. The Morgan fingerprint density at radius 1 is 1.41 bits per heavy atom. The van der Waals surface area contributed by atoms with Gasteiger partial charge in [0.15, 0.2) is 0 Å². The molecule has 1 rings (SSSR count). The third-order valence-corrected chi connectivity index (χ3v) is 2.40. The molecule has 0 aliphatic heterocycles. The number of methoxy groups -OCH3 is 1. The van der Waals surface area contributed by atoms with Crippen molar-refractivity contribution < 1.29 is 19.4 Å². The molecular weight excluding hydrogens is 222 g/mol. The molecule has 0 unspecified atom stereocenters. The van der Waals surface area contributed by atoms with Crippen molar-refractivity contribution in [3.8, 4) is 5.75 Å². The number of aliphatic carboxylic acids is 1. The summed E-state index contributed by atoms with van der Waals surface area (Å²) in [6.45, 7) is 0.359. The van der Waals surface area contributed by atoms with Gasteiger partial charge in [0.25, 0.3) is 0 Å². The van der Waals surface area contributed by atoms with Crippen LogP contribution >= 0.6 is 0 Å². The largest absolute Gasteiger partial charge is 0.497 e. The molecule has 0 radical (unpaired) electrons. The van der Waals surface area contributed by atoms with Crippen LogP contribution in [0.4, 0.5) is 0 Å². The van der Waals surface area contributed by atoms with Crippen LogP contribution in [0.1, 0.15) is 5.56 Å². The molecule has 0 saturated heterocycles. The Bertz CT molecular complexity index is 417. The van der Waals surface area contributed by atoms with Gasteiger partial charge in [0.2, 0.25) is 0 Å². The van der Waals surface area contributed by atoms with Crippen LogP contribution in [0.5, 0.6) is 5.75 Å². The average molecular weight is 237 g/mol. The number of carboxylic acids is 1. The number of rotatable bonds is 4. The molecule has 1 aromatic carbocycles. The van der Waals surface area contributed by atoms with E-state index >= 15 is 0 Å². The van der Waals surface area contributed by atoms with Gasteiger partial charge in [-0.2, -0.15) is 0 Å². The van der Waals surface area contributed by atoms with Crippen LogP contribution in [0.15, 0.2) is 24.3 Å². The lowest BCUT2D eigenvalue weighted by Crippen LogP contribution is -2.34. The van der Waals surface area contributed by atoms with Crippen molar-refractivity contribution in [2.45, 2.75) is 6.42 Å². The molecule has 92 valence electrons. The lowest BCUT2D eigenvalue weighted by atomic mass is 10.1. The fourth-order valence-electron chi connectivity index (χ4n) is 1.39. The van der Waals surface area contributed by atoms with Crippen LogP contribution in [-0.2, 0) is 16.0 Å². The maximum Gasteiger partial charge on any atom is 0.394 e. The first-order valence-electron chi connectivity index (χ1n) is 5.16. The summed E-state index contributed by atoms with van der Waals surface area (Å²) in [4.78, 5) is 22.7. The van der Waals surface area contributed by atoms with Gasteiger partial charge in [0.05, 0.1) is 7.11 Å². The second-order valence-corrected chi connectivity index (χ2v) is 3.63. The molecule has 0 fully saturated rings. The summed E-state index contributed by atoms with van der Waals surface area (Å²) < 4.78 is 5.07. The van der Waals surface area contributed by atoms with E-state index in [4.69, 9.17) is 9.84 Å². The third kappa shape index (κ3) is 3.79. The minimum atomic E-state index is -1.43. The summed E-state index contributed by atoms with van der Waals surface area (Å²) in [5.41, 5.74) is 0.995. The second-order valence-electron chi connectivity index (χ2n) is 3.63. The standard InChI is InChI=1S/C12H15NO4/c1-13(11(14)12(15)16)7-6-9-4-3-5-10(8-9)17-2/h3-5,8H,6-7H2,1-2H3,(H,15,16). The fourth-order valence-corrected chi connectivity index (χ4v) is 1.39. The minimum Gasteiger partial charge on any atom is -0.497 e. The number of carbonyl (C=O) groups excluding carboxylic acids is 1.